The zero-order chi connectivity index (χ0) is 15.1. The molecular weight excluding hydrogens is 272 g/mol. The molecule has 1 amide bonds. The molecule has 0 unspecified atom stereocenters. The van der Waals surface area contributed by atoms with Crippen LogP contribution in [0, 0.1) is 0 Å². The number of fused-ring (bicyclic) bond motifs is 2. The van der Waals surface area contributed by atoms with Crippen LogP contribution in [0.5, 0.6) is 0 Å². The van der Waals surface area contributed by atoms with Gasteiger partial charge in [0, 0.05) is 31.0 Å². The molecule has 2 aliphatic heterocycles. The smallest absolute Gasteiger partial charge is 0.260 e. The molecule has 110 valence electrons. The first-order valence-electron chi connectivity index (χ1n) is 7.69. The highest BCUT2D eigenvalue weighted by molar-refractivity contribution is 6.32. The second-order valence-corrected chi connectivity index (χ2v) is 5.85. The number of carbonyl (C=O) groups excluding carboxylic acids is 1. The second kappa shape index (κ2) is 5.02. The molecule has 0 N–H and O–H groups in total. The van der Waals surface area contributed by atoms with Gasteiger partial charge in [-0.2, -0.15) is 0 Å². The van der Waals surface area contributed by atoms with Gasteiger partial charge in [-0.25, -0.2) is 0 Å². The van der Waals surface area contributed by atoms with Crippen LogP contribution >= 0.6 is 0 Å². The molecule has 0 fully saturated rings. The molecule has 0 atom stereocenters. The van der Waals surface area contributed by atoms with Crippen molar-refractivity contribution in [3.63, 3.8) is 0 Å². The molecule has 2 aromatic carbocycles. The second-order valence-electron chi connectivity index (χ2n) is 5.85. The van der Waals surface area contributed by atoms with Crippen LogP contribution in [0.25, 0.3) is 5.57 Å². The quantitative estimate of drug-likeness (QED) is 0.751. The minimum absolute atomic E-state index is 0.0734. The van der Waals surface area contributed by atoms with Crippen molar-refractivity contribution < 1.29 is 4.79 Å². The van der Waals surface area contributed by atoms with Crippen LogP contribution in [0.15, 0.2) is 54.7 Å². The Labute approximate surface area is 130 Å². The molecular formula is C19H18N2O. The number of hydrogen-bond acceptors (Lipinski definition) is 2. The number of nitrogens with zero attached hydrogens (tertiary/aromatic N) is 2. The highest BCUT2D eigenvalue weighted by atomic mass is 16.2. The Morgan fingerprint density at radius 1 is 1.00 bits per heavy atom. The van der Waals surface area contributed by atoms with Crippen LogP contribution in [-0.4, -0.2) is 19.5 Å². The molecule has 4 rings (SSSR count). The molecule has 3 nitrogen and oxygen atoms in total. The van der Waals surface area contributed by atoms with E-state index in [-0.39, 0.29) is 5.91 Å². The van der Waals surface area contributed by atoms with Crippen molar-refractivity contribution in [1.29, 1.82) is 0 Å². The van der Waals surface area contributed by atoms with E-state index in [1.807, 2.05) is 37.5 Å². The fourth-order valence-corrected chi connectivity index (χ4v) is 3.38. The molecule has 2 aromatic rings. The molecule has 22 heavy (non-hydrogen) atoms. The van der Waals surface area contributed by atoms with Gasteiger partial charge in [-0.3, -0.25) is 4.79 Å². The summed E-state index contributed by atoms with van der Waals surface area (Å²) in [5.41, 5.74) is 5.38. The Morgan fingerprint density at radius 2 is 1.73 bits per heavy atom. The zero-order valence-corrected chi connectivity index (χ0v) is 12.6. The van der Waals surface area contributed by atoms with Crippen molar-refractivity contribution in [2.45, 2.75) is 12.8 Å². The third kappa shape index (κ3) is 1.93. The number of carbonyl (C=O) groups is 1. The van der Waals surface area contributed by atoms with Gasteiger partial charge in [0.2, 0.25) is 0 Å². The summed E-state index contributed by atoms with van der Waals surface area (Å²) in [5.74, 6) is 0.0734. The van der Waals surface area contributed by atoms with Crippen LogP contribution in [0.1, 0.15) is 17.5 Å². The maximum Gasteiger partial charge on any atom is 0.260 e. The first kappa shape index (κ1) is 13.1. The van der Waals surface area contributed by atoms with Crippen molar-refractivity contribution in [3.05, 3.63) is 65.9 Å². The number of aryl methyl sites for hydroxylation is 1. The van der Waals surface area contributed by atoms with E-state index in [0.29, 0.717) is 0 Å². The van der Waals surface area contributed by atoms with E-state index in [4.69, 9.17) is 0 Å². The minimum Gasteiger partial charge on any atom is -0.347 e. The molecule has 3 heteroatoms. The largest absolute Gasteiger partial charge is 0.347 e. The average Bonchev–Trinajstić information content (AvgIpc) is 2.81. The Morgan fingerprint density at radius 3 is 2.59 bits per heavy atom. The van der Waals surface area contributed by atoms with E-state index in [1.165, 1.54) is 11.3 Å². The average molecular weight is 290 g/mol. The van der Waals surface area contributed by atoms with Crippen LogP contribution < -0.4 is 9.80 Å². The Balaban J connectivity index is 1.80. The molecule has 0 radical (unpaired) electrons. The zero-order valence-electron chi connectivity index (χ0n) is 12.6. The van der Waals surface area contributed by atoms with Gasteiger partial charge in [-0.05, 0) is 30.5 Å². The maximum absolute atomic E-state index is 12.6. The molecule has 0 saturated heterocycles. The number of likely N-dealkylation sites (N-methyl/N-ethyl adjacent to an activating group) is 1. The van der Waals surface area contributed by atoms with Gasteiger partial charge in [0.05, 0.1) is 11.3 Å². The lowest BCUT2D eigenvalue weighted by Gasteiger charge is -2.28. The number of benzene rings is 2. The third-order valence-corrected chi connectivity index (χ3v) is 4.52. The monoisotopic (exact) mass is 290 g/mol. The predicted octanol–water partition coefficient (Wildman–Crippen LogP) is 3.46. The fraction of sp³-hybridized carbons (Fsp3) is 0.211. The van der Waals surface area contributed by atoms with Gasteiger partial charge in [0.25, 0.3) is 5.91 Å². The summed E-state index contributed by atoms with van der Waals surface area (Å²) in [4.78, 5) is 16.5. The number of anilines is 2. The van der Waals surface area contributed by atoms with E-state index in [1.54, 1.807) is 4.90 Å². The Bertz CT molecular complexity index is 779. The lowest BCUT2D eigenvalue weighted by Crippen LogP contribution is -2.26. The lowest BCUT2D eigenvalue weighted by molar-refractivity contribution is -0.112. The van der Waals surface area contributed by atoms with Gasteiger partial charge >= 0.3 is 0 Å². The van der Waals surface area contributed by atoms with Crippen molar-refractivity contribution in [3.8, 4) is 0 Å². The molecule has 0 saturated carbocycles. The summed E-state index contributed by atoms with van der Waals surface area (Å²) in [6.07, 6.45) is 4.26. The summed E-state index contributed by atoms with van der Waals surface area (Å²) in [5, 5.41) is 0. The van der Waals surface area contributed by atoms with Crippen molar-refractivity contribution >= 4 is 22.9 Å². The highest BCUT2D eigenvalue weighted by Gasteiger charge is 2.30. The maximum atomic E-state index is 12.6. The standard InChI is InChI=1S/C19H18N2O/c1-20-18-11-5-3-9-15(18)16(19(20)22)13-21-12-6-8-14-7-2-4-10-17(14)21/h2-5,7,9-11,13H,6,8,12H2,1H3/b16-13+. The number of amides is 1. The molecule has 0 bridgehead atoms. The van der Waals surface area contributed by atoms with E-state index in [2.05, 4.69) is 29.2 Å². The highest BCUT2D eigenvalue weighted by Crippen LogP contribution is 2.37. The summed E-state index contributed by atoms with van der Waals surface area (Å²) in [7, 11) is 1.84. The Kier molecular flexibility index (Phi) is 3.00. The van der Waals surface area contributed by atoms with E-state index >= 15 is 0 Å². The first-order valence-corrected chi connectivity index (χ1v) is 7.69. The number of rotatable bonds is 1. The number of para-hydroxylation sites is 2. The summed E-state index contributed by atoms with van der Waals surface area (Å²) in [6, 6.07) is 16.4. The predicted molar refractivity (Wildman–Crippen MR) is 89.9 cm³/mol. The topological polar surface area (TPSA) is 23.6 Å². The summed E-state index contributed by atoms with van der Waals surface area (Å²) >= 11 is 0. The van der Waals surface area contributed by atoms with E-state index in [9.17, 15) is 4.79 Å². The fourth-order valence-electron chi connectivity index (χ4n) is 3.38. The molecule has 2 aliphatic rings. The minimum atomic E-state index is 0.0734. The van der Waals surface area contributed by atoms with Crippen LogP contribution in [0.2, 0.25) is 0 Å². The van der Waals surface area contributed by atoms with Crippen molar-refractivity contribution in [2.24, 2.45) is 0 Å². The van der Waals surface area contributed by atoms with Crippen LogP contribution in [0.4, 0.5) is 11.4 Å². The molecule has 0 aromatic heterocycles. The van der Waals surface area contributed by atoms with Crippen molar-refractivity contribution in [2.75, 3.05) is 23.4 Å². The van der Waals surface area contributed by atoms with Crippen molar-refractivity contribution in [1.82, 2.24) is 0 Å². The molecule has 2 heterocycles. The van der Waals surface area contributed by atoms with Crippen LogP contribution in [0.3, 0.4) is 0 Å². The first-order chi connectivity index (χ1) is 10.8. The van der Waals surface area contributed by atoms with Gasteiger partial charge in [0.1, 0.15) is 0 Å². The van der Waals surface area contributed by atoms with E-state index in [0.717, 1.165) is 36.2 Å². The SMILES string of the molecule is CN1C(=O)/C(=C/N2CCCc3ccccc32)c2ccccc21. The number of hydrogen-bond donors (Lipinski definition) is 0. The Hall–Kier alpha value is -2.55. The van der Waals surface area contributed by atoms with Gasteiger partial charge in [0.15, 0.2) is 0 Å². The molecule has 0 aliphatic carbocycles. The lowest BCUT2D eigenvalue weighted by atomic mass is 10.0. The summed E-state index contributed by atoms with van der Waals surface area (Å²) < 4.78 is 0. The van der Waals surface area contributed by atoms with Gasteiger partial charge in [-0.15, -0.1) is 0 Å². The van der Waals surface area contributed by atoms with Crippen LogP contribution in [-0.2, 0) is 11.2 Å². The summed E-state index contributed by atoms with van der Waals surface area (Å²) in [6.45, 7) is 0.958. The normalized spacial score (nSPS) is 18.6. The third-order valence-electron chi connectivity index (χ3n) is 4.52. The van der Waals surface area contributed by atoms with Gasteiger partial charge < -0.3 is 9.80 Å². The van der Waals surface area contributed by atoms with E-state index < -0.39 is 0 Å². The molecule has 0 spiro atoms. The van der Waals surface area contributed by atoms with Gasteiger partial charge in [-0.1, -0.05) is 36.4 Å².